The molecule has 2 heterocycles. The molecule has 0 aliphatic carbocycles. The molecule has 0 saturated carbocycles. The average molecular weight is 551 g/mol. The summed E-state index contributed by atoms with van der Waals surface area (Å²) in [6.45, 7) is 0. The van der Waals surface area contributed by atoms with Crippen LogP contribution >= 0.6 is 24.4 Å². The summed E-state index contributed by atoms with van der Waals surface area (Å²) in [5.74, 6) is 0. The van der Waals surface area contributed by atoms with E-state index in [1.807, 2.05) is 114 Å². The Labute approximate surface area is 241 Å². The molecule has 0 radical (unpaired) electrons. The molecule has 0 spiro atoms. The Bertz CT molecular complexity index is 2020. The molecule has 6 nitrogen and oxygen atoms in total. The lowest BCUT2D eigenvalue weighted by molar-refractivity contribution is 1.06. The first-order valence-electron chi connectivity index (χ1n) is 12.0. The van der Waals surface area contributed by atoms with E-state index in [4.69, 9.17) is 0 Å². The number of hydrogen-bond acceptors (Lipinski definition) is 6. The Hall–Kier alpha value is -5.46. The van der Waals surface area contributed by atoms with Gasteiger partial charge in [0.05, 0.1) is 27.4 Å². The van der Waals surface area contributed by atoms with Gasteiger partial charge in [-0.05, 0) is 60.8 Å². The number of thiocarbonyl (C=S) groups is 2. The van der Waals surface area contributed by atoms with Gasteiger partial charge in [0.2, 0.25) is 0 Å². The molecule has 0 amide bonds. The van der Waals surface area contributed by atoms with Gasteiger partial charge in [-0.1, -0.05) is 60.7 Å². The van der Waals surface area contributed by atoms with Crippen molar-refractivity contribution >= 4 is 67.7 Å². The van der Waals surface area contributed by atoms with Crippen LogP contribution in [0.3, 0.4) is 0 Å². The third kappa shape index (κ3) is 5.25. The second-order valence-electron chi connectivity index (χ2n) is 8.55. The van der Waals surface area contributed by atoms with E-state index in [2.05, 4.69) is 57.0 Å². The molecule has 0 bridgehead atoms. The standard InChI is InChI=1S/2C16H9N3S/c17-10-19-9-13-3-1-2-4-15(13)16(19)12-5-7-14(8-6-12)18-11-20;17-9-16-15-4-2-1-3-12(15)10-19(16)14-7-5-13(6-8-14)18-11-20/h1-9H;1-8,10H. The van der Waals surface area contributed by atoms with E-state index in [-0.39, 0.29) is 0 Å². The zero-order valence-electron chi connectivity index (χ0n) is 20.9. The van der Waals surface area contributed by atoms with Crippen LogP contribution in [0.15, 0.2) is 119 Å². The lowest BCUT2D eigenvalue weighted by Gasteiger charge is -2.04. The third-order valence-electron chi connectivity index (χ3n) is 6.28. The first-order valence-corrected chi connectivity index (χ1v) is 12.9. The van der Waals surface area contributed by atoms with Gasteiger partial charge >= 0.3 is 0 Å². The Morgan fingerprint density at radius 3 is 1.75 bits per heavy atom. The predicted octanol–water partition coefficient (Wildman–Crippen LogP) is 8.61. The first kappa shape index (κ1) is 26.2. The number of fused-ring (bicyclic) bond motifs is 2. The highest BCUT2D eigenvalue weighted by Crippen LogP contribution is 2.31. The molecule has 40 heavy (non-hydrogen) atoms. The fourth-order valence-corrected chi connectivity index (χ4v) is 4.71. The van der Waals surface area contributed by atoms with Gasteiger partial charge in [0, 0.05) is 45.2 Å². The van der Waals surface area contributed by atoms with Crippen molar-refractivity contribution in [2.45, 2.75) is 0 Å². The quantitative estimate of drug-likeness (QED) is 0.162. The highest BCUT2D eigenvalue weighted by Gasteiger charge is 2.11. The number of rotatable bonds is 4. The van der Waals surface area contributed by atoms with Gasteiger partial charge in [-0.15, -0.1) is 0 Å². The molecule has 0 unspecified atom stereocenters. The molecule has 0 aliphatic heterocycles. The zero-order valence-corrected chi connectivity index (χ0v) is 22.5. The number of aromatic nitrogens is 2. The van der Waals surface area contributed by atoms with Crippen LogP contribution in [-0.4, -0.2) is 19.5 Å². The van der Waals surface area contributed by atoms with E-state index in [0.717, 1.165) is 49.9 Å². The maximum Gasteiger partial charge on any atom is 0.188 e. The zero-order chi connectivity index (χ0) is 27.9. The molecular formula is C32H18N6S2. The van der Waals surface area contributed by atoms with Crippen LogP contribution in [0.5, 0.6) is 0 Å². The maximum absolute atomic E-state index is 9.39. The molecule has 0 N–H and O–H groups in total. The third-order valence-corrected chi connectivity index (χ3v) is 6.46. The minimum absolute atomic E-state index is 0.631. The van der Waals surface area contributed by atoms with E-state index >= 15 is 0 Å². The van der Waals surface area contributed by atoms with Crippen molar-refractivity contribution in [3.8, 4) is 29.2 Å². The lowest BCUT2D eigenvalue weighted by atomic mass is 10.1. The minimum atomic E-state index is 0.631. The summed E-state index contributed by atoms with van der Waals surface area (Å²) in [5, 5.41) is 27.5. The van der Waals surface area contributed by atoms with Crippen LogP contribution in [0, 0.1) is 22.8 Å². The minimum Gasteiger partial charge on any atom is -0.307 e. The largest absolute Gasteiger partial charge is 0.307 e. The molecule has 2 aromatic heterocycles. The fourth-order valence-electron chi connectivity index (χ4n) is 4.50. The van der Waals surface area contributed by atoms with Gasteiger partial charge < -0.3 is 4.57 Å². The van der Waals surface area contributed by atoms with Crippen LogP contribution in [0.2, 0.25) is 0 Å². The Kier molecular flexibility index (Phi) is 7.81. The van der Waals surface area contributed by atoms with Crippen molar-refractivity contribution in [1.29, 1.82) is 10.5 Å². The number of nitrogens with zero attached hydrogens (tertiary/aromatic N) is 6. The van der Waals surface area contributed by atoms with E-state index in [1.54, 1.807) is 4.57 Å². The van der Waals surface area contributed by atoms with Gasteiger partial charge in [0.15, 0.2) is 6.19 Å². The first-order chi connectivity index (χ1) is 19.7. The summed E-state index contributed by atoms with van der Waals surface area (Å²) in [6.07, 6.45) is 5.99. The average Bonchev–Trinajstić information content (AvgIpc) is 3.57. The Balaban J connectivity index is 0.000000161. The number of isothiocyanates is 2. The highest BCUT2D eigenvalue weighted by atomic mass is 32.1. The van der Waals surface area contributed by atoms with Crippen molar-refractivity contribution in [2.75, 3.05) is 0 Å². The Morgan fingerprint density at radius 2 is 1.18 bits per heavy atom. The molecule has 0 aliphatic rings. The fraction of sp³-hybridized carbons (Fsp3) is 0. The summed E-state index contributed by atoms with van der Waals surface area (Å²) in [4.78, 5) is 7.84. The SMILES string of the molecule is N#Cc1c2ccccc2cn1-c1ccc(N=C=S)cc1.N#Cn1cc2ccccc2c1-c1ccc(N=C=S)cc1. The van der Waals surface area contributed by atoms with E-state index < -0.39 is 0 Å². The van der Waals surface area contributed by atoms with Crippen LogP contribution in [0.25, 0.3) is 38.5 Å². The summed E-state index contributed by atoms with van der Waals surface area (Å²) in [5.41, 5.74) is 4.91. The van der Waals surface area contributed by atoms with E-state index in [9.17, 15) is 10.5 Å². The number of hydrogen-bond donors (Lipinski definition) is 0. The normalized spacial score (nSPS) is 9.95. The number of nitriles is 2. The van der Waals surface area contributed by atoms with Crippen LogP contribution in [0.4, 0.5) is 11.4 Å². The molecule has 0 atom stereocenters. The summed E-state index contributed by atoms with van der Waals surface area (Å²) >= 11 is 9.16. The Morgan fingerprint density at radius 1 is 0.625 bits per heavy atom. The van der Waals surface area contributed by atoms with Gasteiger partial charge in [-0.25, -0.2) is 0 Å². The van der Waals surface area contributed by atoms with Crippen molar-refractivity contribution in [2.24, 2.45) is 9.98 Å². The molecule has 0 saturated heterocycles. The van der Waals surface area contributed by atoms with Gasteiger partial charge in [-0.2, -0.15) is 20.5 Å². The van der Waals surface area contributed by atoms with Crippen molar-refractivity contribution in [1.82, 2.24) is 9.13 Å². The second-order valence-corrected chi connectivity index (χ2v) is 8.92. The van der Waals surface area contributed by atoms with Crippen molar-refractivity contribution in [3.05, 3.63) is 115 Å². The molecule has 0 fully saturated rings. The monoisotopic (exact) mass is 550 g/mol. The summed E-state index contributed by atoms with van der Waals surface area (Å²) < 4.78 is 3.47. The highest BCUT2D eigenvalue weighted by molar-refractivity contribution is 7.78. The molecule has 8 heteroatoms. The summed E-state index contributed by atoms with van der Waals surface area (Å²) in [7, 11) is 0. The lowest BCUT2D eigenvalue weighted by Crippen LogP contribution is -1.94. The number of benzene rings is 4. The van der Waals surface area contributed by atoms with Crippen LogP contribution < -0.4 is 0 Å². The predicted molar refractivity (Wildman–Crippen MR) is 166 cm³/mol. The molecule has 4 aromatic carbocycles. The van der Waals surface area contributed by atoms with E-state index in [0.29, 0.717) is 5.69 Å². The number of aliphatic imine (C=N–C) groups is 2. The summed E-state index contributed by atoms with van der Waals surface area (Å²) in [6, 6.07) is 33.2. The molecular weight excluding hydrogens is 533 g/mol. The smallest absolute Gasteiger partial charge is 0.188 e. The van der Waals surface area contributed by atoms with Gasteiger partial charge in [-0.3, -0.25) is 4.57 Å². The van der Waals surface area contributed by atoms with Gasteiger partial charge in [0.1, 0.15) is 11.8 Å². The van der Waals surface area contributed by atoms with Crippen molar-refractivity contribution < 1.29 is 0 Å². The molecule has 188 valence electrons. The molecule has 6 aromatic rings. The van der Waals surface area contributed by atoms with Crippen LogP contribution in [0.1, 0.15) is 5.69 Å². The second kappa shape index (κ2) is 11.9. The maximum atomic E-state index is 9.39. The van der Waals surface area contributed by atoms with Crippen molar-refractivity contribution in [3.63, 3.8) is 0 Å². The molecule has 6 rings (SSSR count). The van der Waals surface area contributed by atoms with Crippen LogP contribution in [-0.2, 0) is 0 Å². The topological polar surface area (TPSA) is 82.2 Å². The van der Waals surface area contributed by atoms with E-state index in [1.165, 1.54) is 0 Å². The van der Waals surface area contributed by atoms with Gasteiger partial charge in [0.25, 0.3) is 0 Å².